The minimum atomic E-state index is -0.343. The second-order valence-electron chi connectivity index (χ2n) is 5.57. The van der Waals surface area contributed by atoms with Gasteiger partial charge in [-0.2, -0.15) is 0 Å². The van der Waals surface area contributed by atoms with Crippen LogP contribution in [0.2, 0.25) is 0 Å². The smallest absolute Gasteiger partial charge is 0.0785 e. The van der Waals surface area contributed by atoms with Gasteiger partial charge in [-0.15, -0.1) is 0 Å². The topological polar surface area (TPSA) is 41.5 Å². The molecule has 0 heterocycles. The molecular weight excluding hydrogens is 238 g/mol. The lowest BCUT2D eigenvalue weighted by atomic mass is 9.74. The normalized spacial score (nSPS) is 23.9. The molecule has 2 rings (SSSR count). The van der Waals surface area contributed by atoms with Gasteiger partial charge >= 0.3 is 0 Å². The lowest BCUT2D eigenvalue weighted by Gasteiger charge is -2.37. The summed E-state index contributed by atoms with van der Waals surface area (Å²) in [6.45, 7) is 3.49. The zero-order chi connectivity index (χ0) is 13.7. The summed E-state index contributed by atoms with van der Waals surface area (Å²) in [6, 6.07) is 9.28. The molecule has 0 spiro atoms. The first-order valence-corrected chi connectivity index (χ1v) is 7.16. The van der Waals surface area contributed by atoms with Crippen LogP contribution in [0.3, 0.4) is 0 Å². The van der Waals surface area contributed by atoms with E-state index in [1.165, 1.54) is 24.0 Å². The van der Waals surface area contributed by atoms with Crippen molar-refractivity contribution in [2.75, 3.05) is 20.3 Å². The summed E-state index contributed by atoms with van der Waals surface area (Å²) in [5.41, 5.74) is 2.90. The van der Waals surface area contributed by atoms with Crippen LogP contribution in [-0.2, 0) is 4.74 Å². The van der Waals surface area contributed by atoms with Crippen molar-refractivity contribution in [1.82, 2.24) is 5.32 Å². The molecule has 1 aliphatic rings. The summed E-state index contributed by atoms with van der Waals surface area (Å²) >= 11 is 0. The molecule has 3 heteroatoms. The van der Waals surface area contributed by atoms with Gasteiger partial charge in [0.1, 0.15) is 0 Å². The highest BCUT2D eigenvalue weighted by molar-refractivity contribution is 5.31. The Balaban J connectivity index is 1.65. The maximum Gasteiger partial charge on any atom is 0.0785 e. The maximum absolute atomic E-state index is 9.55. The molecule has 0 saturated heterocycles. The van der Waals surface area contributed by atoms with Gasteiger partial charge in [-0.1, -0.05) is 24.3 Å². The van der Waals surface area contributed by atoms with Crippen LogP contribution < -0.4 is 5.32 Å². The van der Waals surface area contributed by atoms with E-state index in [-0.39, 0.29) is 6.10 Å². The molecule has 1 aromatic carbocycles. The Bertz CT molecular complexity index is 388. The molecule has 1 aliphatic carbocycles. The van der Waals surface area contributed by atoms with Crippen LogP contribution in [0.25, 0.3) is 0 Å². The molecule has 0 aromatic heterocycles. The summed E-state index contributed by atoms with van der Waals surface area (Å²) in [6.07, 6.45) is 2.85. The van der Waals surface area contributed by atoms with E-state index < -0.39 is 0 Å². The molecule has 2 N–H and O–H groups in total. The lowest BCUT2D eigenvalue weighted by molar-refractivity contribution is 0.0582. The first-order chi connectivity index (χ1) is 9.20. The van der Waals surface area contributed by atoms with Gasteiger partial charge in [-0.3, -0.25) is 0 Å². The predicted octanol–water partition coefficient (Wildman–Crippen LogP) is 2.23. The minimum Gasteiger partial charge on any atom is -0.391 e. The van der Waals surface area contributed by atoms with E-state index in [1.807, 2.05) is 0 Å². The number of rotatable bonds is 7. The van der Waals surface area contributed by atoms with Gasteiger partial charge in [0, 0.05) is 13.2 Å². The van der Waals surface area contributed by atoms with E-state index in [1.54, 1.807) is 7.11 Å². The van der Waals surface area contributed by atoms with Crippen molar-refractivity contribution in [2.45, 2.75) is 44.2 Å². The van der Waals surface area contributed by atoms with Crippen LogP contribution in [0.4, 0.5) is 0 Å². The molecule has 1 unspecified atom stereocenters. The predicted molar refractivity (Wildman–Crippen MR) is 77.4 cm³/mol. The molecular formula is C16H25NO2. The molecule has 0 aliphatic heterocycles. The monoisotopic (exact) mass is 263 g/mol. The largest absolute Gasteiger partial charge is 0.391 e. The third-order valence-electron chi connectivity index (χ3n) is 4.04. The number of aryl methyl sites for hydroxylation is 1. The number of hydrogen-bond acceptors (Lipinski definition) is 3. The van der Waals surface area contributed by atoms with Crippen molar-refractivity contribution in [3.05, 3.63) is 35.4 Å². The van der Waals surface area contributed by atoms with Gasteiger partial charge in [-0.25, -0.2) is 0 Å². The summed E-state index contributed by atoms with van der Waals surface area (Å²) < 4.78 is 4.91. The van der Waals surface area contributed by atoms with Gasteiger partial charge in [0.2, 0.25) is 0 Å². The van der Waals surface area contributed by atoms with Crippen molar-refractivity contribution < 1.29 is 9.84 Å². The van der Waals surface area contributed by atoms with Crippen LogP contribution in [0.15, 0.2) is 24.3 Å². The van der Waals surface area contributed by atoms with E-state index in [9.17, 15) is 5.11 Å². The standard InChI is InChI=1S/C16H25NO2/c1-12-5-3-4-6-16(12)13-9-14(10-13)17-8-7-15(18)11-19-2/h3-6,13-15,17-18H,7-11H2,1-2H3. The SMILES string of the molecule is COCC(O)CCNC1CC(c2ccccc2C)C1. The van der Waals surface area contributed by atoms with E-state index in [2.05, 4.69) is 36.5 Å². The van der Waals surface area contributed by atoms with Crippen molar-refractivity contribution in [3.8, 4) is 0 Å². The van der Waals surface area contributed by atoms with Gasteiger partial charge < -0.3 is 15.2 Å². The molecule has 0 bridgehead atoms. The van der Waals surface area contributed by atoms with Crippen LogP contribution in [0.5, 0.6) is 0 Å². The van der Waals surface area contributed by atoms with Crippen LogP contribution in [-0.4, -0.2) is 37.5 Å². The second kappa shape index (κ2) is 7.04. The number of benzene rings is 1. The average molecular weight is 263 g/mol. The highest BCUT2D eigenvalue weighted by Crippen LogP contribution is 2.38. The highest BCUT2D eigenvalue weighted by Gasteiger charge is 2.30. The third kappa shape index (κ3) is 4.03. The quantitative estimate of drug-likeness (QED) is 0.792. The molecule has 3 nitrogen and oxygen atoms in total. The Hall–Kier alpha value is -0.900. The van der Waals surface area contributed by atoms with Gasteiger partial charge in [-0.05, 0) is 49.8 Å². The van der Waals surface area contributed by atoms with Crippen LogP contribution >= 0.6 is 0 Å². The molecule has 0 radical (unpaired) electrons. The zero-order valence-corrected chi connectivity index (χ0v) is 11.9. The first-order valence-electron chi connectivity index (χ1n) is 7.16. The summed E-state index contributed by atoms with van der Waals surface area (Å²) in [4.78, 5) is 0. The van der Waals surface area contributed by atoms with Crippen molar-refractivity contribution in [3.63, 3.8) is 0 Å². The van der Waals surface area contributed by atoms with Crippen molar-refractivity contribution >= 4 is 0 Å². The van der Waals surface area contributed by atoms with Crippen LogP contribution in [0.1, 0.15) is 36.3 Å². The molecule has 1 aromatic rings. The lowest BCUT2D eigenvalue weighted by Crippen LogP contribution is -2.41. The summed E-state index contributed by atoms with van der Waals surface area (Å²) in [7, 11) is 1.62. The summed E-state index contributed by atoms with van der Waals surface area (Å²) in [5.74, 6) is 0.711. The molecule has 19 heavy (non-hydrogen) atoms. The van der Waals surface area contributed by atoms with E-state index in [0.29, 0.717) is 18.6 Å². The highest BCUT2D eigenvalue weighted by atomic mass is 16.5. The Morgan fingerprint density at radius 1 is 1.37 bits per heavy atom. The van der Waals surface area contributed by atoms with E-state index in [4.69, 9.17) is 4.74 Å². The van der Waals surface area contributed by atoms with Gasteiger partial charge in [0.15, 0.2) is 0 Å². The average Bonchev–Trinajstić information content (AvgIpc) is 2.34. The van der Waals surface area contributed by atoms with Crippen molar-refractivity contribution in [2.24, 2.45) is 0 Å². The Kier molecular flexibility index (Phi) is 5.37. The molecule has 0 amide bonds. The number of ether oxygens (including phenoxy) is 1. The zero-order valence-electron chi connectivity index (χ0n) is 11.9. The number of aliphatic hydroxyl groups is 1. The maximum atomic E-state index is 9.55. The molecule has 1 saturated carbocycles. The minimum absolute atomic E-state index is 0.343. The Morgan fingerprint density at radius 3 is 2.79 bits per heavy atom. The molecule has 1 atom stereocenters. The number of nitrogens with one attached hydrogen (secondary N) is 1. The molecule has 106 valence electrons. The van der Waals surface area contributed by atoms with Crippen molar-refractivity contribution in [1.29, 1.82) is 0 Å². The fourth-order valence-corrected chi connectivity index (χ4v) is 2.81. The fraction of sp³-hybridized carbons (Fsp3) is 0.625. The number of hydrogen-bond donors (Lipinski definition) is 2. The molecule has 1 fully saturated rings. The van der Waals surface area contributed by atoms with E-state index in [0.717, 1.165) is 13.0 Å². The van der Waals surface area contributed by atoms with E-state index >= 15 is 0 Å². The van der Waals surface area contributed by atoms with Gasteiger partial charge in [0.25, 0.3) is 0 Å². The number of methoxy groups -OCH3 is 1. The number of aliphatic hydroxyl groups excluding tert-OH is 1. The third-order valence-corrected chi connectivity index (χ3v) is 4.04. The van der Waals surface area contributed by atoms with Gasteiger partial charge in [0.05, 0.1) is 12.7 Å². The Labute approximate surface area is 116 Å². The Morgan fingerprint density at radius 2 is 2.11 bits per heavy atom. The summed E-state index contributed by atoms with van der Waals surface area (Å²) in [5, 5.41) is 13.1. The first kappa shape index (κ1) is 14.5. The van der Waals surface area contributed by atoms with Crippen LogP contribution in [0, 0.1) is 6.92 Å². The second-order valence-corrected chi connectivity index (χ2v) is 5.57. The fourth-order valence-electron chi connectivity index (χ4n) is 2.81.